The zero-order valence-corrected chi connectivity index (χ0v) is 16.3. The van der Waals surface area contributed by atoms with E-state index in [0.717, 1.165) is 48.8 Å². The maximum absolute atomic E-state index is 6.31. The average Bonchev–Trinajstić information content (AvgIpc) is 3.08. The first-order valence-electron chi connectivity index (χ1n) is 8.84. The molecule has 130 valence electrons. The summed E-state index contributed by atoms with van der Waals surface area (Å²) in [5, 5.41) is 2.23. The Bertz CT molecular complexity index is 1290. The number of hydrogen-bond acceptors (Lipinski definition) is 2. The topological polar surface area (TPSA) is 26.0 Å². The van der Waals surface area contributed by atoms with Crippen LogP contribution in [-0.2, 0) is 0 Å². The van der Waals surface area contributed by atoms with Gasteiger partial charge in [-0.3, -0.25) is 4.98 Å². The molecule has 0 radical (unpaired) electrons. The summed E-state index contributed by atoms with van der Waals surface area (Å²) >= 11 is 3.61. The Morgan fingerprint density at radius 1 is 0.815 bits per heavy atom. The first kappa shape index (κ1) is 16.3. The molecule has 2 nitrogen and oxygen atoms in total. The third-order valence-electron chi connectivity index (χ3n) is 4.92. The van der Waals surface area contributed by atoms with Gasteiger partial charge in [-0.25, -0.2) is 0 Å². The normalized spacial score (nSPS) is 11.3. The lowest BCUT2D eigenvalue weighted by Gasteiger charge is -2.04. The number of para-hydroxylation sites is 1. The largest absolute Gasteiger partial charge is 0.455 e. The van der Waals surface area contributed by atoms with E-state index in [4.69, 9.17) is 4.42 Å². The van der Waals surface area contributed by atoms with Crippen molar-refractivity contribution in [2.45, 2.75) is 6.92 Å². The Kier molecular flexibility index (Phi) is 3.83. The number of aromatic nitrogens is 1. The van der Waals surface area contributed by atoms with Gasteiger partial charge in [0.25, 0.3) is 0 Å². The molecule has 0 aliphatic heterocycles. The quantitative estimate of drug-likeness (QED) is 0.301. The van der Waals surface area contributed by atoms with Crippen molar-refractivity contribution < 1.29 is 4.42 Å². The van der Waals surface area contributed by atoms with Gasteiger partial charge in [0.05, 0.1) is 5.69 Å². The molecule has 2 heterocycles. The molecule has 5 rings (SSSR count). The van der Waals surface area contributed by atoms with E-state index in [0.29, 0.717) is 0 Å². The summed E-state index contributed by atoms with van der Waals surface area (Å²) in [6.07, 6.45) is 1.88. The number of halogens is 1. The summed E-state index contributed by atoms with van der Waals surface area (Å²) in [4.78, 5) is 4.60. The molecule has 0 saturated carbocycles. The van der Waals surface area contributed by atoms with Crippen LogP contribution in [-0.4, -0.2) is 4.98 Å². The van der Waals surface area contributed by atoms with Gasteiger partial charge in [-0.05, 0) is 47.9 Å². The fraction of sp³-hybridized carbons (Fsp3) is 0.0417. The second kappa shape index (κ2) is 6.36. The van der Waals surface area contributed by atoms with Crippen molar-refractivity contribution in [2.75, 3.05) is 0 Å². The molecule has 0 amide bonds. The Labute approximate surface area is 165 Å². The standard InChI is InChI=1S/C24H16BrNO/c1-15-14-26-22(13-21(15)25)20-9-5-8-19-18-11-10-17(12-23(18)27-24(19)20)16-6-3-2-4-7-16/h2-14H,1H3. The minimum atomic E-state index is 0.876. The third kappa shape index (κ3) is 2.75. The van der Waals surface area contributed by atoms with E-state index in [2.05, 4.69) is 81.6 Å². The Balaban J connectivity index is 1.73. The van der Waals surface area contributed by atoms with Gasteiger partial charge in [-0.15, -0.1) is 0 Å². The molecule has 3 heteroatoms. The van der Waals surface area contributed by atoms with Crippen LogP contribution in [0.3, 0.4) is 0 Å². The Morgan fingerprint density at radius 3 is 2.48 bits per heavy atom. The monoisotopic (exact) mass is 413 g/mol. The summed E-state index contributed by atoms with van der Waals surface area (Å²) in [7, 11) is 0. The van der Waals surface area contributed by atoms with Gasteiger partial charge in [-0.1, -0.05) is 64.5 Å². The number of fused-ring (bicyclic) bond motifs is 3. The van der Waals surface area contributed by atoms with E-state index in [9.17, 15) is 0 Å². The Hall–Kier alpha value is -2.91. The molecule has 0 fully saturated rings. The summed E-state index contributed by atoms with van der Waals surface area (Å²) in [6, 6.07) is 25.1. The maximum Gasteiger partial charge on any atom is 0.144 e. The predicted octanol–water partition coefficient (Wildman–Crippen LogP) is 7.39. The van der Waals surface area contributed by atoms with Crippen LogP contribution in [0.2, 0.25) is 0 Å². The molecule has 3 aromatic carbocycles. The second-order valence-corrected chi connectivity index (χ2v) is 7.53. The molecule has 0 N–H and O–H groups in total. The summed E-state index contributed by atoms with van der Waals surface area (Å²) in [5.41, 5.74) is 7.13. The molecule has 5 aromatic rings. The van der Waals surface area contributed by atoms with Crippen LogP contribution in [0.1, 0.15) is 5.56 Å². The lowest BCUT2D eigenvalue weighted by molar-refractivity contribution is 0.670. The van der Waals surface area contributed by atoms with Gasteiger partial charge in [0, 0.05) is 27.0 Å². The molecular formula is C24H16BrNO. The third-order valence-corrected chi connectivity index (χ3v) is 5.77. The van der Waals surface area contributed by atoms with Crippen molar-refractivity contribution in [1.29, 1.82) is 0 Å². The fourth-order valence-corrected chi connectivity index (χ4v) is 3.78. The van der Waals surface area contributed by atoms with Gasteiger partial charge in [-0.2, -0.15) is 0 Å². The highest BCUT2D eigenvalue weighted by Gasteiger charge is 2.14. The minimum Gasteiger partial charge on any atom is -0.455 e. The summed E-state index contributed by atoms with van der Waals surface area (Å²) in [6.45, 7) is 2.04. The Morgan fingerprint density at radius 2 is 1.67 bits per heavy atom. The molecule has 2 aromatic heterocycles. The number of hydrogen-bond donors (Lipinski definition) is 0. The minimum absolute atomic E-state index is 0.876. The van der Waals surface area contributed by atoms with Crippen molar-refractivity contribution in [2.24, 2.45) is 0 Å². The predicted molar refractivity (Wildman–Crippen MR) is 115 cm³/mol. The number of pyridine rings is 1. The van der Waals surface area contributed by atoms with Gasteiger partial charge < -0.3 is 4.42 Å². The summed E-state index contributed by atoms with van der Waals surface area (Å²) < 4.78 is 7.36. The average molecular weight is 414 g/mol. The van der Waals surface area contributed by atoms with E-state index < -0.39 is 0 Å². The van der Waals surface area contributed by atoms with Crippen LogP contribution in [0.4, 0.5) is 0 Å². The lowest BCUT2D eigenvalue weighted by atomic mass is 10.0. The lowest BCUT2D eigenvalue weighted by Crippen LogP contribution is -1.86. The van der Waals surface area contributed by atoms with Crippen LogP contribution in [0.5, 0.6) is 0 Å². The van der Waals surface area contributed by atoms with E-state index in [1.54, 1.807) is 0 Å². The van der Waals surface area contributed by atoms with E-state index in [1.807, 2.05) is 25.3 Å². The molecule has 27 heavy (non-hydrogen) atoms. The van der Waals surface area contributed by atoms with Gasteiger partial charge in [0.15, 0.2) is 0 Å². The van der Waals surface area contributed by atoms with Crippen molar-refractivity contribution in [3.05, 3.63) is 89.0 Å². The van der Waals surface area contributed by atoms with E-state index in [-0.39, 0.29) is 0 Å². The van der Waals surface area contributed by atoms with Crippen LogP contribution < -0.4 is 0 Å². The number of furan rings is 1. The molecule has 0 aliphatic carbocycles. The number of benzene rings is 3. The van der Waals surface area contributed by atoms with Crippen LogP contribution in [0, 0.1) is 6.92 Å². The van der Waals surface area contributed by atoms with Crippen LogP contribution in [0.15, 0.2) is 87.9 Å². The van der Waals surface area contributed by atoms with Gasteiger partial charge in [0.1, 0.15) is 11.2 Å². The number of aryl methyl sites for hydroxylation is 1. The first-order valence-corrected chi connectivity index (χ1v) is 9.63. The molecule has 0 unspecified atom stereocenters. The van der Waals surface area contributed by atoms with E-state index >= 15 is 0 Å². The van der Waals surface area contributed by atoms with E-state index in [1.165, 1.54) is 5.56 Å². The summed E-state index contributed by atoms with van der Waals surface area (Å²) in [5.74, 6) is 0. The molecule has 0 saturated heterocycles. The second-order valence-electron chi connectivity index (χ2n) is 6.68. The maximum atomic E-state index is 6.31. The van der Waals surface area contributed by atoms with Crippen LogP contribution in [0.25, 0.3) is 44.3 Å². The highest BCUT2D eigenvalue weighted by Crippen LogP contribution is 2.37. The highest BCUT2D eigenvalue weighted by atomic mass is 79.9. The smallest absolute Gasteiger partial charge is 0.144 e. The number of rotatable bonds is 2. The molecule has 0 spiro atoms. The molecule has 0 bridgehead atoms. The van der Waals surface area contributed by atoms with Gasteiger partial charge >= 0.3 is 0 Å². The number of nitrogens with zero attached hydrogens (tertiary/aromatic N) is 1. The molecule has 0 atom stereocenters. The zero-order valence-electron chi connectivity index (χ0n) is 14.7. The van der Waals surface area contributed by atoms with Crippen LogP contribution >= 0.6 is 15.9 Å². The van der Waals surface area contributed by atoms with Crippen molar-refractivity contribution >= 4 is 37.9 Å². The highest BCUT2D eigenvalue weighted by molar-refractivity contribution is 9.10. The molecular weight excluding hydrogens is 398 g/mol. The first-order chi connectivity index (χ1) is 13.2. The molecule has 0 aliphatic rings. The zero-order chi connectivity index (χ0) is 18.4. The van der Waals surface area contributed by atoms with Crippen molar-refractivity contribution in [3.63, 3.8) is 0 Å². The fourth-order valence-electron chi connectivity index (χ4n) is 3.46. The van der Waals surface area contributed by atoms with Crippen molar-refractivity contribution in [3.8, 4) is 22.4 Å². The SMILES string of the molecule is Cc1cnc(-c2cccc3c2oc2cc(-c4ccccc4)ccc23)cc1Br. The van der Waals surface area contributed by atoms with Crippen molar-refractivity contribution in [1.82, 2.24) is 4.98 Å². The van der Waals surface area contributed by atoms with Gasteiger partial charge in [0.2, 0.25) is 0 Å².